The fourth-order valence-electron chi connectivity index (χ4n) is 3.09. The summed E-state index contributed by atoms with van der Waals surface area (Å²) in [5.74, 6) is -2.67. The zero-order chi connectivity index (χ0) is 26.5. The first-order valence-corrected chi connectivity index (χ1v) is 11.3. The standard InChI is InChI=1S/C16H12F5N3O2.C7H8O2S/c17-10-5-9(22)6-11(18)14(10)26-12-1-3-23-15-13(12)8(7-24-15)2-4-25-16(19,20)21;1-6-2-4-7(5-3-6)10(8)9/h1,3,5-7H,2,4,22H2,(H,23,24);2-5H,1H3,(H,8,9)/p-1. The van der Waals surface area contributed by atoms with Crippen molar-refractivity contribution in [1.82, 2.24) is 9.97 Å². The predicted octanol–water partition coefficient (Wildman–Crippen LogP) is 5.53. The molecule has 0 saturated carbocycles. The molecule has 1 atom stereocenters. The number of hydrogen-bond acceptors (Lipinski definition) is 6. The van der Waals surface area contributed by atoms with E-state index in [1.165, 1.54) is 18.5 Å². The number of benzene rings is 2. The quantitative estimate of drug-likeness (QED) is 0.193. The van der Waals surface area contributed by atoms with Crippen LogP contribution in [0.5, 0.6) is 11.5 Å². The van der Waals surface area contributed by atoms with Crippen molar-refractivity contribution in [3.63, 3.8) is 0 Å². The summed E-state index contributed by atoms with van der Waals surface area (Å²) < 4.78 is 94.0. The number of rotatable bonds is 6. The number of fused-ring (bicyclic) bond motifs is 1. The Morgan fingerprint density at radius 2 is 1.75 bits per heavy atom. The maximum absolute atomic E-state index is 13.9. The molecule has 0 fully saturated rings. The number of halogens is 5. The van der Waals surface area contributed by atoms with Gasteiger partial charge in [-0.2, -0.15) is 0 Å². The SMILES string of the molecule is Cc1ccc(S(=O)[O-])cc1.Nc1cc(F)c(Oc2ccnc3[nH]cc(CCOC(F)(F)F)c23)c(F)c1. The molecule has 2 heterocycles. The Hall–Kier alpha value is -3.55. The second-order valence-corrected chi connectivity index (χ2v) is 8.30. The normalized spacial score (nSPS) is 12.2. The second-order valence-electron chi connectivity index (χ2n) is 7.35. The first kappa shape index (κ1) is 27.0. The van der Waals surface area contributed by atoms with Crippen molar-refractivity contribution >= 4 is 27.8 Å². The molecule has 0 bridgehead atoms. The molecule has 0 aliphatic heterocycles. The number of aryl methyl sites for hydroxylation is 1. The Kier molecular flexibility index (Phi) is 8.61. The molecule has 0 saturated heterocycles. The van der Waals surface area contributed by atoms with Crippen molar-refractivity contribution in [3.8, 4) is 11.5 Å². The molecule has 0 aliphatic rings. The van der Waals surface area contributed by atoms with E-state index in [0.717, 1.165) is 17.7 Å². The van der Waals surface area contributed by atoms with Crippen LogP contribution in [-0.2, 0) is 22.2 Å². The van der Waals surface area contributed by atoms with Crippen molar-refractivity contribution in [2.45, 2.75) is 24.6 Å². The fourth-order valence-corrected chi connectivity index (χ4v) is 3.45. The van der Waals surface area contributed by atoms with Crippen LogP contribution in [0.3, 0.4) is 0 Å². The Morgan fingerprint density at radius 1 is 1.11 bits per heavy atom. The molecular weight excluding hydrogens is 509 g/mol. The Bertz CT molecular complexity index is 1340. The molecule has 7 nitrogen and oxygen atoms in total. The average molecular weight is 528 g/mol. The van der Waals surface area contributed by atoms with Crippen molar-refractivity contribution in [3.05, 3.63) is 77.6 Å². The van der Waals surface area contributed by atoms with Crippen LogP contribution in [0, 0.1) is 18.6 Å². The van der Waals surface area contributed by atoms with E-state index in [4.69, 9.17) is 10.5 Å². The van der Waals surface area contributed by atoms with Gasteiger partial charge < -0.3 is 20.0 Å². The van der Waals surface area contributed by atoms with Gasteiger partial charge in [0.1, 0.15) is 11.4 Å². The molecular formula is C23H19F5N3O4S-. The summed E-state index contributed by atoms with van der Waals surface area (Å²) in [6, 6.07) is 9.84. The summed E-state index contributed by atoms with van der Waals surface area (Å²) >= 11 is -2.09. The monoisotopic (exact) mass is 528 g/mol. The Labute approximate surface area is 204 Å². The third-order valence-corrected chi connectivity index (χ3v) is 5.36. The molecule has 192 valence electrons. The summed E-state index contributed by atoms with van der Waals surface area (Å²) in [6.45, 7) is 1.28. The lowest BCUT2D eigenvalue weighted by molar-refractivity contribution is -0.324. The summed E-state index contributed by atoms with van der Waals surface area (Å²) in [5, 5.41) is 0.300. The van der Waals surface area contributed by atoms with Gasteiger partial charge in [0.25, 0.3) is 0 Å². The van der Waals surface area contributed by atoms with E-state index in [9.17, 15) is 30.7 Å². The van der Waals surface area contributed by atoms with Crippen LogP contribution in [0.15, 0.2) is 59.8 Å². The number of nitrogens with zero attached hydrogens (tertiary/aromatic N) is 1. The van der Waals surface area contributed by atoms with E-state index in [1.54, 1.807) is 24.3 Å². The minimum absolute atomic E-state index is 0.0285. The molecule has 3 N–H and O–H groups in total. The van der Waals surface area contributed by atoms with Gasteiger partial charge in [0.05, 0.1) is 12.0 Å². The van der Waals surface area contributed by atoms with Gasteiger partial charge in [0.2, 0.25) is 0 Å². The lowest BCUT2D eigenvalue weighted by atomic mass is 10.1. The maximum Gasteiger partial charge on any atom is 0.522 e. The van der Waals surface area contributed by atoms with Crippen LogP contribution in [0.2, 0.25) is 0 Å². The summed E-state index contributed by atoms with van der Waals surface area (Å²) in [6.07, 6.45) is -2.11. The van der Waals surface area contributed by atoms with Gasteiger partial charge in [-0.1, -0.05) is 17.7 Å². The van der Waals surface area contributed by atoms with Crippen molar-refractivity contribution < 1.29 is 40.2 Å². The minimum Gasteiger partial charge on any atom is -0.768 e. The third kappa shape index (κ3) is 7.23. The van der Waals surface area contributed by atoms with Crippen LogP contribution in [0.4, 0.5) is 27.6 Å². The van der Waals surface area contributed by atoms with Gasteiger partial charge >= 0.3 is 6.36 Å². The highest BCUT2D eigenvalue weighted by atomic mass is 32.2. The van der Waals surface area contributed by atoms with Crippen molar-refractivity contribution in [2.24, 2.45) is 0 Å². The predicted molar refractivity (Wildman–Crippen MR) is 121 cm³/mol. The van der Waals surface area contributed by atoms with E-state index in [-0.39, 0.29) is 17.9 Å². The number of ether oxygens (including phenoxy) is 2. The summed E-state index contributed by atoms with van der Waals surface area (Å²) in [7, 11) is 0. The number of H-pyrrole nitrogens is 1. The number of aromatic amines is 1. The molecule has 13 heteroatoms. The molecule has 0 amide bonds. The van der Waals surface area contributed by atoms with Crippen molar-refractivity contribution in [2.75, 3.05) is 12.3 Å². The number of nitrogens with one attached hydrogen (secondary N) is 1. The topological polar surface area (TPSA) is 113 Å². The third-order valence-electron chi connectivity index (χ3n) is 4.70. The molecule has 4 rings (SSSR count). The van der Waals surface area contributed by atoms with Crippen LogP contribution >= 0.6 is 0 Å². The fraction of sp³-hybridized carbons (Fsp3) is 0.174. The smallest absolute Gasteiger partial charge is 0.522 e. The first-order chi connectivity index (χ1) is 16.9. The first-order valence-electron chi connectivity index (χ1n) is 10.2. The second kappa shape index (κ2) is 11.5. The molecule has 2 aromatic carbocycles. The van der Waals surface area contributed by atoms with Crippen LogP contribution < -0.4 is 10.5 Å². The van der Waals surface area contributed by atoms with E-state index in [2.05, 4.69) is 14.7 Å². The molecule has 36 heavy (non-hydrogen) atoms. The zero-order valence-corrected chi connectivity index (χ0v) is 19.4. The number of nitrogen functional groups attached to an aromatic ring is 1. The lowest BCUT2D eigenvalue weighted by Gasteiger charge is -2.11. The van der Waals surface area contributed by atoms with Gasteiger partial charge in [0, 0.05) is 35.1 Å². The highest BCUT2D eigenvalue weighted by Crippen LogP contribution is 2.35. The largest absolute Gasteiger partial charge is 0.768 e. The molecule has 2 aromatic heterocycles. The molecule has 4 aromatic rings. The highest BCUT2D eigenvalue weighted by molar-refractivity contribution is 7.79. The summed E-state index contributed by atoms with van der Waals surface area (Å²) in [4.78, 5) is 7.12. The van der Waals surface area contributed by atoms with Gasteiger partial charge in [-0.25, -0.2) is 13.8 Å². The van der Waals surface area contributed by atoms with Gasteiger partial charge in [-0.3, -0.25) is 8.95 Å². The number of nitrogens with two attached hydrogens (primary N) is 1. The zero-order valence-electron chi connectivity index (χ0n) is 18.6. The molecule has 0 radical (unpaired) electrons. The number of pyridine rings is 1. The minimum atomic E-state index is -4.75. The Balaban J connectivity index is 0.000000303. The van der Waals surface area contributed by atoms with Gasteiger partial charge in [-0.15, -0.1) is 13.2 Å². The van der Waals surface area contributed by atoms with Gasteiger partial charge in [0.15, 0.2) is 17.4 Å². The van der Waals surface area contributed by atoms with Gasteiger partial charge in [-0.05, 0) is 48.2 Å². The average Bonchev–Trinajstić information content (AvgIpc) is 3.20. The van der Waals surface area contributed by atoms with Crippen LogP contribution in [-0.4, -0.2) is 31.7 Å². The van der Waals surface area contributed by atoms with E-state index < -0.39 is 41.4 Å². The maximum atomic E-state index is 13.9. The van der Waals surface area contributed by atoms with Crippen LogP contribution in [0.1, 0.15) is 11.1 Å². The lowest BCUT2D eigenvalue weighted by Crippen LogP contribution is -2.15. The van der Waals surface area contributed by atoms with E-state index in [0.29, 0.717) is 21.5 Å². The summed E-state index contributed by atoms with van der Waals surface area (Å²) in [5.41, 5.74) is 6.99. The van der Waals surface area contributed by atoms with E-state index in [1.807, 2.05) is 6.92 Å². The highest BCUT2D eigenvalue weighted by Gasteiger charge is 2.29. The number of hydrogen-bond donors (Lipinski definition) is 2. The molecule has 0 spiro atoms. The number of alkyl halides is 3. The number of anilines is 1. The van der Waals surface area contributed by atoms with Crippen molar-refractivity contribution in [1.29, 1.82) is 0 Å². The molecule has 1 unspecified atom stereocenters. The molecule has 0 aliphatic carbocycles. The number of aromatic nitrogens is 2. The van der Waals surface area contributed by atoms with Crippen LogP contribution in [0.25, 0.3) is 11.0 Å². The Morgan fingerprint density at radius 3 is 2.33 bits per heavy atom. The van der Waals surface area contributed by atoms with E-state index >= 15 is 0 Å².